The van der Waals surface area contributed by atoms with E-state index in [4.69, 9.17) is 4.74 Å². The van der Waals surface area contributed by atoms with Gasteiger partial charge in [-0.2, -0.15) is 0 Å². The van der Waals surface area contributed by atoms with Crippen molar-refractivity contribution < 1.29 is 9.53 Å². The first-order valence-corrected chi connectivity index (χ1v) is 7.63. The second-order valence-corrected chi connectivity index (χ2v) is 5.42. The molecule has 0 spiro atoms. The third kappa shape index (κ3) is 3.48. The van der Waals surface area contributed by atoms with Crippen molar-refractivity contribution in [1.82, 2.24) is 9.97 Å². The van der Waals surface area contributed by atoms with Crippen molar-refractivity contribution in [3.05, 3.63) is 59.7 Å². The van der Waals surface area contributed by atoms with E-state index in [1.165, 1.54) is 0 Å². The molecule has 2 aromatic rings. The Balaban J connectivity index is 1.80. The van der Waals surface area contributed by atoms with E-state index in [1.54, 1.807) is 50.7 Å². The van der Waals surface area contributed by atoms with Gasteiger partial charge < -0.3 is 10.1 Å². The molecular formula is C18H18N4O2. The fourth-order valence-electron chi connectivity index (χ4n) is 2.39. The molecule has 1 atom stereocenters. The molecular weight excluding hydrogens is 304 g/mol. The van der Waals surface area contributed by atoms with E-state index in [0.29, 0.717) is 23.6 Å². The second kappa shape index (κ2) is 7.04. The van der Waals surface area contributed by atoms with Crippen LogP contribution in [-0.4, -0.2) is 35.7 Å². The van der Waals surface area contributed by atoms with E-state index in [-0.39, 0.29) is 11.8 Å². The van der Waals surface area contributed by atoms with Gasteiger partial charge >= 0.3 is 0 Å². The maximum Gasteiger partial charge on any atom is 0.276 e. The van der Waals surface area contributed by atoms with Gasteiger partial charge in [0, 0.05) is 24.0 Å². The molecule has 1 aromatic carbocycles. The van der Waals surface area contributed by atoms with Crippen LogP contribution in [-0.2, 0) is 0 Å². The van der Waals surface area contributed by atoms with Crippen LogP contribution in [0.2, 0.25) is 0 Å². The van der Waals surface area contributed by atoms with Gasteiger partial charge in [0.15, 0.2) is 0 Å². The SMILES string of the molecule is COc1ccc(NC(=O)c2nc(C3C=CC=NC3)cnc2C)cc1. The highest BCUT2D eigenvalue weighted by atomic mass is 16.5. The highest BCUT2D eigenvalue weighted by molar-refractivity contribution is 6.03. The average Bonchev–Trinajstić information content (AvgIpc) is 2.63. The van der Waals surface area contributed by atoms with Crippen molar-refractivity contribution in [3.8, 4) is 5.75 Å². The first-order chi connectivity index (χ1) is 11.7. The van der Waals surface area contributed by atoms with E-state index < -0.39 is 0 Å². The number of methoxy groups -OCH3 is 1. The van der Waals surface area contributed by atoms with Gasteiger partial charge in [0.2, 0.25) is 0 Å². The number of amides is 1. The van der Waals surface area contributed by atoms with Crippen molar-refractivity contribution in [3.63, 3.8) is 0 Å². The van der Waals surface area contributed by atoms with Crippen LogP contribution in [0.4, 0.5) is 5.69 Å². The van der Waals surface area contributed by atoms with E-state index >= 15 is 0 Å². The molecule has 0 aliphatic carbocycles. The zero-order chi connectivity index (χ0) is 16.9. The van der Waals surface area contributed by atoms with E-state index in [2.05, 4.69) is 20.3 Å². The Morgan fingerprint density at radius 1 is 1.29 bits per heavy atom. The number of carbonyl (C=O) groups excluding carboxylic acids is 1. The Bertz CT molecular complexity index is 797. The maximum atomic E-state index is 12.5. The summed E-state index contributed by atoms with van der Waals surface area (Å²) in [6.45, 7) is 2.39. The number of hydrogen-bond donors (Lipinski definition) is 1. The number of allylic oxidation sites excluding steroid dienone is 1. The quantitative estimate of drug-likeness (QED) is 0.939. The molecule has 1 aliphatic heterocycles. The Morgan fingerprint density at radius 3 is 2.75 bits per heavy atom. The van der Waals surface area contributed by atoms with Gasteiger partial charge in [-0.15, -0.1) is 0 Å². The van der Waals surface area contributed by atoms with Crippen LogP contribution in [0.15, 0.2) is 47.6 Å². The number of nitrogens with one attached hydrogen (secondary N) is 1. The number of dihydropyridines is 1. The molecule has 1 unspecified atom stereocenters. The van der Waals surface area contributed by atoms with Crippen LogP contribution in [0, 0.1) is 6.92 Å². The van der Waals surface area contributed by atoms with E-state index in [0.717, 1.165) is 11.4 Å². The summed E-state index contributed by atoms with van der Waals surface area (Å²) in [6, 6.07) is 7.13. The number of carbonyl (C=O) groups is 1. The lowest BCUT2D eigenvalue weighted by Gasteiger charge is -2.14. The summed E-state index contributed by atoms with van der Waals surface area (Å²) in [5.41, 5.74) is 2.34. The summed E-state index contributed by atoms with van der Waals surface area (Å²) in [7, 11) is 1.60. The fourth-order valence-corrected chi connectivity index (χ4v) is 2.39. The summed E-state index contributed by atoms with van der Waals surface area (Å²) in [5, 5.41) is 2.84. The Morgan fingerprint density at radius 2 is 2.08 bits per heavy atom. The minimum absolute atomic E-state index is 0.0515. The molecule has 24 heavy (non-hydrogen) atoms. The van der Waals surface area contributed by atoms with Gasteiger partial charge in [0.1, 0.15) is 11.4 Å². The van der Waals surface area contributed by atoms with Crippen LogP contribution >= 0.6 is 0 Å². The zero-order valence-electron chi connectivity index (χ0n) is 13.6. The molecule has 1 aliphatic rings. The predicted molar refractivity (Wildman–Crippen MR) is 93.0 cm³/mol. The minimum Gasteiger partial charge on any atom is -0.497 e. The van der Waals surface area contributed by atoms with Crippen molar-refractivity contribution in [1.29, 1.82) is 0 Å². The molecule has 2 heterocycles. The number of ether oxygens (including phenoxy) is 1. The Labute approximate surface area is 140 Å². The van der Waals surface area contributed by atoms with Crippen LogP contribution in [0.3, 0.4) is 0 Å². The number of aliphatic imine (C=N–C) groups is 1. The summed E-state index contributed by atoms with van der Waals surface area (Å²) >= 11 is 0. The average molecular weight is 322 g/mol. The lowest BCUT2D eigenvalue weighted by atomic mass is 10.0. The smallest absolute Gasteiger partial charge is 0.276 e. The normalized spacial score (nSPS) is 16.0. The largest absolute Gasteiger partial charge is 0.497 e. The van der Waals surface area contributed by atoms with Gasteiger partial charge in [-0.25, -0.2) is 4.98 Å². The Hall–Kier alpha value is -3.02. The molecule has 6 nitrogen and oxygen atoms in total. The lowest BCUT2D eigenvalue weighted by molar-refractivity contribution is 0.102. The van der Waals surface area contributed by atoms with Crippen molar-refractivity contribution in [2.24, 2.45) is 4.99 Å². The molecule has 1 amide bonds. The number of aryl methyl sites for hydroxylation is 1. The zero-order valence-corrected chi connectivity index (χ0v) is 13.6. The maximum absolute atomic E-state index is 12.5. The van der Waals surface area contributed by atoms with Gasteiger partial charge in [0.25, 0.3) is 5.91 Å². The summed E-state index contributed by atoms with van der Waals surface area (Å²) < 4.78 is 5.11. The topological polar surface area (TPSA) is 76.5 Å². The van der Waals surface area contributed by atoms with Gasteiger partial charge in [0.05, 0.1) is 25.0 Å². The highest BCUT2D eigenvalue weighted by Crippen LogP contribution is 2.19. The van der Waals surface area contributed by atoms with Gasteiger partial charge in [-0.3, -0.25) is 14.8 Å². The number of benzene rings is 1. The minimum atomic E-state index is -0.282. The van der Waals surface area contributed by atoms with E-state index in [9.17, 15) is 4.79 Å². The molecule has 0 fully saturated rings. The number of aromatic nitrogens is 2. The molecule has 3 rings (SSSR count). The molecule has 0 bridgehead atoms. The number of nitrogens with zero attached hydrogens (tertiary/aromatic N) is 3. The van der Waals surface area contributed by atoms with Crippen LogP contribution in [0.1, 0.15) is 27.8 Å². The fraction of sp³-hybridized carbons (Fsp3) is 0.222. The molecule has 6 heteroatoms. The molecule has 0 saturated heterocycles. The monoisotopic (exact) mass is 322 g/mol. The summed E-state index contributed by atoms with van der Waals surface area (Å²) in [5.74, 6) is 0.501. The van der Waals surface area contributed by atoms with E-state index in [1.807, 2.05) is 12.2 Å². The molecule has 122 valence electrons. The summed E-state index contributed by atoms with van der Waals surface area (Å²) in [6.07, 6.45) is 7.36. The second-order valence-electron chi connectivity index (χ2n) is 5.42. The third-order valence-electron chi connectivity index (χ3n) is 3.75. The number of rotatable bonds is 4. The summed E-state index contributed by atoms with van der Waals surface area (Å²) in [4.78, 5) is 25.6. The lowest BCUT2D eigenvalue weighted by Crippen LogP contribution is -2.18. The molecule has 0 saturated carbocycles. The number of hydrogen-bond acceptors (Lipinski definition) is 5. The van der Waals surface area contributed by atoms with Gasteiger partial charge in [-0.1, -0.05) is 6.08 Å². The predicted octanol–water partition coefficient (Wildman–Crippen LogP) is 2.77. The standard InChI is InChI=1S/C18H18N4O2/c1-12-17(18(23)21-14-5-7-15(24-2)8-6-14)22-16(11-20-12)13-4-3-9-19-10-13/h3-9,11,13H,10H2,1-2H3,(H,21,23). The molecule has 1 N–H and O–H groups in total. The van der Waals surface area contributed by atoms with Crippen molar-refractivity contribution in [2.75, 3.05) is 19.0 Å². The van der Waals surface area contributed by atoms with Gasteiger partial charge in [-0.05, 0) is 37.3 Å². The molecule has 0 radical (unpaired) electrons. The van der Waals surface area contributed by atoms with Crippen molar-refractivity contribution in [2.45, 2.75) is 12.8 Å². The first-order valence-electron chi connectivity index (χ1n) is 7.63. The highest BCUT2D eigenvalue weighted by Gasteiger charge is 2.17. The van der Waals surface area contributed by atoms with Crippen molar-refractivity contribution >= 4 is 17.8 Å². The van der Waals surface area contributed by atoms with Crippen LogP contribution in [0.25, 0.3) is 0 Å². The van der Waals surface area contributed by atoms with Crippen LogP contribution < -0.4 is 10.1 Å². The van der Waals surface area contributed by atoms with Crippen LogP contribution in [0.5, 0.6) is 5.75 Å². The Kier molecular flexibility index (Phi) is 4.65. The molecule has 1 aromatic heterocycles. The first kappa shape index (κ1) is 15.9. The third-order valence-corrected chi connectivity index (χ3v) is 3.75. The number of anilines is 1.